The molecule has 1 aromatic rings. The molecule has 1 aromatic carbocycles. The van der Waals surface area contributed by atoms with Gasteiger partial charge in [0.25, 0.3) is 0 Å². The number of benzene rings is 1. The second kappa shape index (κ2) is 6.60. The molecule has 3 N–H and O–H groups in total. The van der Waals surface area contributed by atoms with Gasteiger partial charge in [0.05, 0.1) is 4.90 Å². The number of thiocarbonyl (C=S) groups is 1. The van der Waals surface area contributed by atoms with Gasteiger partial charge in [-0.3, -0.25) is 0 Å². The van der Waals surface area contributed by atoms with Crippen molar-refractivity contribution in [1.29, 1.82) is 0 Å². The van der Waals surface area contributed by atoms with Crippen molar-refractivity contribution < 1.29 is 12.8 Å². The lowest BCUT2D eigenvalue weighted by molar-refractivity contribution is 0.434. The van der Waals surface area contributed by atoms with E-state index in [1.165, 1.54) is 6.07 Å². The van der Waals surface area contributed by atoms with Crippen LogP contribution < -0.4 is 10.5 Å². The number of hydrogen-bond donors (Lipinski definition) is 2. The number of hydrogen-bond acceptors (Lipinski definition) is 3. The number of nitrogens with one attached hydrogen (secondary N) is 1. The van der Waals surface area contributed by atoms with Gasteiger partial charge in [0.15, 0.2) is 0 Å². The Hall–Kier alpha value is -1.05. The molecule has 0 amide bonds. The van der Waals surface area contributed by atoms with E-state index < -0.39 is 15.8 Å². The van der Waals surface area contributed by atoms with E-state index in [2.05, 4.69) is 4.72 Å². The van der Waals surface area contributed by atoms with E-state index in [9.17, 15) is 12.8 Å². The molecule has 0 fully saturated rings. The van der Waals surface area contributed by atoms with E-state index in [1.807, 2.05) is 13.8 Å². The molecule has 2 atom stereocenters. The van der Waals surface area contributed by atoms with Crippen LogP contribution in [-0.2, 0) is 10.0 Å². The van der Waals surface area contributed by atoms with E-state index in [0.717, 1.165) is 18.6 Å². The highest BCUT2D eigenvalue weighted by Crippen LogP contribution is 2.17. The third-order valence-electron chi connectivity index (χ3n) is 3.35. The molecule has 2 unspecified atom stereocenters. The van der Waals surface area contributed by atoms with Crippen LogP contribution in [0.3, 0.4) is 0 Å². The summed E-state index contributed by atoms with van der Waals surface area (Å²) in [5.74, 6) is -0.438. The normalized spacial score (nSPS) is 14.8. The van der Waals surface area contributed by atoms with Gasteiger partial charge in [-0.2, -0.15) is 0 Å². The summed E-state index contributed by atoms with van der Waals surface area (Å²) < 4.78 is 40.5. The van der Waals surface area contributed by atoms with Gasteiger partial charge in [-0.25, -0.2) is 17.5 Å². The average Bonchev–Trinajstić information content (AvgIpc) is 2.36. The summed E-state index contributed by atoms with van der Waals surface area (Å²) in [7, 11) is -3.72. The number of sulfonamides is 1. The molecule has 0 saturated carbocycles. The molecule has 0 aliphatic rings. The van der Waals surface area contributed by atoms with Crippen LogP contribution in [0, 0.1) is 11.7 Å². The maximum atomic E-state index is 13.5. The zero-order chi connectivity index (χ0) is 15.5. The molecule has 0 aromatic heterocycles. The Balaban J connectivity index is 3.10. The van der Waals surface area contributed by atoms with Gasteiger partial charge in [0.1, 0.15) is 10.8 Å². The first kappa shape index (κ1) is 17.0. The van der Waals surface area contributed by atoms with Crippen molar-refractivity contribution in [2.75, 3.05) is 0 Å². The molecular weight excluding hydrogens is 299 g/mol. The third-order valence-corrected chi connectivity index (χ3v) is 5.13. The quantitative estimate of drug-likeness (QED) is 0.789. The lowest BCUT2D eigenvalue weighted by atomic mass is 10.0. The summed E-state index contributed by atoms with van der Waals surface area (Å²) in [5, 5.41) is 0. The molecule has 0 saturated heterocycles. The monoisotopic (exact) mass is 318 g/mol. The van der Waals surface area contributed by atoms with E-state index in [4.69, 9.17) is 18.0 Å². The highest BCUT2D eigenvalue weighted by molar-refractivity contribution is 7.89. The summed E-state index contributed by atoms with van der Waals surface area (Å²) in [5.41, 5.74) is 5.30. The van der Waals surface area contributed by atoms with Gasteiger partial charge in [-0.05, 0) is 31.0 Å². The predicted molar refractivity (Wildman–Crippen MR) is 81.5 cm³/mol. The first-order valence-corrected chi connectivity index (χ1v) is 8.19. The van der Waals surface area contributed by atoms with E-state index >= 15 is 0 Å². The van der Waals surface area contributed by atoms with Crippen molar-refractivity contribution in [2.24, 2.45) is 11.7 Å². The van der Waals surface area contributed by atoms with E-state index in [-0.39, 0.29) is 27.4 Å². The molecule has 0 radical (unpaired) electrons. The zero-order valence-corrected chi connectivity index (χ0v) is 13.3. The van der Waals surface area contributed by atoms with Crippen molar-refractivity contribution in [2.45, 2.75) is 38.1 Å². The second-order valence-corrected chi connectivity index (χ2v) is 6.96. The molecule has 0 aliphatic carbocycles. The number of rotatable bonds is 6. The SMILES string of the molecule is CCC(C)C(C)NS(=O)(=O)c1ccc(F)c(C(N)=S)c1. The Morgan fingerprint density at radius 3 is 2.55 bits per heavy atom. The fraction of sp³-hybridized carbons (Fsp3) is 0.462. The van der Waals surface area contributed by atoms with Gasteiger partial charge in [0.2, 0.25) is 10.0 Å². The largest absolute Gasteiger partial charge is 0.389 e. The highest BCUT2D eigenvalue weighted by atomic mass is 32.2. The summed E-state index contributed by atoms with van der Waals surface area (Å²) in [6.45, 7) is 5.74. The highest BCUT2D eigenvalue weighted by Gasteiger charge is 2.21. The van der Waals surface area contributed by atoms with Gasteiger partial charge < -0.3 is 5.73 Å². The fourth-order valence-electron chi connectivity index (χ4n) is 1.64. The standard InChI is InChI=1S/C13H19FN2O2S2/c1-4-8(2)9(3)16-20(17,18)10-5-6-12(14)11(7-10)13(15)19/h5-9,16H,4H2,1-3H3,(H2,15,19). The minimum atomic E-state index is -3.72. The summed E-state index contributed by atoms with van der Waals surface area (Å²) in [4.78, 5) is -0.216. The molecule has 112 valence electrons. The Morgan fingerprint density at radius 1 is 1.45 bits per heavy atom. The zero-order valence-electron chi connectivity index (χ0n) is 11.7. The minimum absolute atomic E-state index is 0.0446. The molecule has 0 spiro atoms. The van der Waals surface area contributed by atoms with Crippen molar-refractivity contribution in [1.82, 2.24) is 4.72 Å². The Bertz CT molecular complexity index is 602. The van der Waals surface area contributed by atoms with Gasteiger partial charge in [-0.15, -0.1) is 0 Å². The van der Waals surface area contributed by atoms with E-state index in [0.29, 0.717) is 0 Å². The number of nitrogens with two attached hydrogens (primary N) is 1. The summed E-state index contributed by atoms with van der Waals surface area (Å²) in [6, 6.07) is 3.19. The van der Waals surface area contributed by atoms with Crippen LogP contribution in [-0.4, -0.2) is 19.4 Å². The fourth-order valence-corrected chi connectivity index (χ4v) is 3.18. The molecule has 0 bridgehead atoms. The Labute approximate surface area is 124 Å². The summed E-state index contributed by atoms with van der Waals surface area (Å²) >= 11 is 4.70. The van der Waals surface area contributed by atoms with Crippen LogP contribution >= 0.6 is 12.2 Å². The molecule has 7 heteroatoms. The second-order valence-electron chi connectivity index (χ2n) is 4.80. The van der Waals surface area contributed by atoms with Crippen LogP contribution in [0.5, 0.6) is 0 Å². The van der Waals surface area contributed by atoms with Crippen molar-refractivity contribution in [3.8, 4) is 0 Å². The maximum Gasteiger partial charge on any atom is 0.240 e. The molecule has 0 aliphatic heterocycles. The van der Waals surface area contributed by atoms with Crippen LogP contribution in [0.2, 0.25) is 0 Å². The lowest BCUT2D eigenvalue weighted by Crippen LogP contribution is -2.37. The van der Waals surface area contributed by atoms with Gasteiger partial charge in [0, 0.05) is 11.6 Å². The molecule has 1 rings (SSSR count). The Morgan fingerprint density at radius 2 is 2.05 bits per heavy atom. The van der Waals surface area contributed by atoms with Crippen LogP contribution in [0.4, 0.5) is 4.39 Å². The topological polar surface area (TPSA) is 72.2 Å². The van der Waals surface area contributed by atoms with Crippen LogP contribution in [0.1, 0.15) is 32.8 Å². The molecule has 20 heavy (non-hydrogen) atoms. The van der Waals surface area contributed by atoms with Crippen molar-refractivity contribution in [3.05, 3.63) is 29.6 Å². The first-order chi connectivity index (χ1) is 9.19. The summed E-state index contributed by atoms with van der Waals surface area (Å²) in [6.07, 6.45) is 0.852. The maximum absolute atomic E-state index is 13.5. The van der Waals surface area contributed by atoms with Crippen molar-refractivity contribution in [3.63, 3.8) is 0 Å². The third kappa shape index (κ3) is 3.97. The predicted octanol–water partition coefficient (Wildman–Crippen LogP) is 2.17. The average molecular weight is 318 g/mol. The van der Waals surface area contributed by atoms with Gasteiger partial charge >= 0.3 is 0 Å². The molecular formula is C13H19FN2O2S2. The van der Waals surface area contributed by atoms with Crippen LogP contribution in [0.15, 0.2) is 23.1 Å². The van der Waals surface area contributed by atoms with Crippen molar-refractivity contribution >= 4 is 27.2 Å². The minimum Gasteiger partial charge on any atom is -0.389 e. The lowest BCUT2D eigenvalue weighted by Gasteiger charge is -2.20. The molecule has 0 heterocycles. The van der Waals surface area contributed by atoms with Crippen LogP contribution in [0.25, 0.3) is 0 Å². The number of halogens is 1. The van der Waals surface area contributed by atoms with Gasteiger partial charge in [-0.1, -0.05) is 32.5 Å². The Kier molecular flexibility index (Phi) is 5.61. The molecule has 4 nitrogen and oxygen atoms in total. The first-order valence-electron chi connectivity index (χ1n) is 6.30. The smallest absolute Gasteiger partial charge is 0.240 e. The van der Waals surface area contributed by atoms with E-state index in [1.54, 1.807) is 6.92 Å².